The molecular weight excluding hydrogens is 365 g/mol. The van der Waals surface area contributed by atoms with Gasteiger partial charge in [0.25, 0.3) is 0 Å². The highest BCUT2D eigenvalue weighted by atomic mass is 35.5. The van der Waals surface area contributed by atoms with E-state index < -0.39 is 0 Å². The quantitative estimate of drug-likeness (QED) is 0.567. The van der Waals surface area contributed by atoms with E-state index in [1.807, 2.05) is 18.2 Å². The summed E-state index contributed by atoms with van der Waals surface area (Å²) in [6.45, 7) is 5.20. The normalized spacial score (nSPS) is 13.8. The molecule has 0 aliphatic carbocycles. The van der Waals surface area contributed by atoms with Crippen LogP contribution >= 0.6 is 23.2 Å². The minimum atomic E-state index is 0.556. The van der Waals surface area contributed by atoms with Gasteiger partial charge < -0.3 is 5.32 Å². The number of rotatable bonds is 2. The predicted molar refractivity (Wildman–Crippen MR) is 110 cm³/mol. The van der Waals surface area contributed by atoms with Gasteiger partial charge in [-0.1, -0.05) is 41.4 Å². The lowest BCUT2D eigenvalue weighted by Gasteiger charge is -2.12. The fourth-order valence-corrected chi connectivity index (χ4v) is 3.80. The first-order chi connectivity index (χ1) is 12.5. The van der Waals surface area contributed by atoms with Crippen LogP contribution in [-0.2, 0) is 6.42 Å². The molecule has 1 aliphatic rings. The van der Waals surface area contributed by atoms with Crippen molar-refractivity contribution in [2.45, 2.75) is 33.1 Å². The SMILES string of the molecule is Cc1ccc(C)c(-n2nc(-c3ccc(Cl)c(Cl)c3)c3c2NCCCC3)c1. The molecule has 26 heavy (non-hydrogen) atoms. The second-order valence-corrected chi connectivity index (χ2v) is 7.70. The Balaban J connectivity index is 1.94. The molecule has 0 radical (unpaired) electrons. The standard InChI is InChI=1S/C21H21Cl2N3/c1-13-6-7-14(2)19(11-13)26-21-16(5-3-4-10-24-21)20(25-26)15-8-9-17(22)18(23)12-15/h6-9,11-12,24H,3-5,10H2,1-2H3. The van der Waals surface area contributed by atoms with Crippen molar-refractivity contribution in [3.63, 3.8) is 0 Å². The van der Waals surface area contributed by atoms with Crippen molar-refractivity contribution in [1.82, 2.24) is 9.78 Å². The van der Waals surface area contributed by atoms with Gasteiger partial charge in [-0.15, -0.1) is 0 Å². The molecular formula is C21H21Cl2N3. The average molecular weight is 386 g/mol. The highest BCUT2D eigenvalue weighted by Crippen LogP contribution is 2.36. The third kappa shape index (κ3) is 3.10. The number of hydrogen-bond acceptors (Lipinski definition) is 2. The van der Waals surface area contributed by atoms with Gasteiger partial charge in [0.15, 0.2) is 0 Å². The Morgan fingerprint density at radius 3 is 2.65 bits per heavy atom. The first-order valence-corrected chi connectivity index (χ1v) is 9.69. The zero-order valence-electron chi connectivity index (χ0n) is 14.9. The van der Waals surface area contributed by atoms with Gasteiger partial charge >= 0.3 is 0 Å². The first kappa shape index (κ1) is 17.4. The Bertz CT molecular complexity index is 976. The minimum Gasteiger partial charge on any atom is -0.370 e. The molecule has 1 aromatic heterocycles. The van der Waals surface area contributed by atoms with Gasteiger partial charge in [-0.25, -0.2) is 4.68 Å². The maximum absolute atomic E-state index is 6.27. The molecule has 2 aromatic carbocycles. The lowest BCUT2D eigenvalue weighted by atomic mass is 10.0. The summed E-state index contributed by atoms with van der Waals surface area (Å²) < 4.78 is 2.06. The van der Waals surface area contributed by atoms with E-state index in [2.05, 4.69) is 42.0 Å². The topological polar surface area (TPSA) is 29.9 Å². The lowest BCUT2D eigenvalue weighted by molar-refractivity contribution is 0.779. The van der Waals surface area contributed by atoms with Gasteiger partial charge in [0.1, 0.15) is 5.82 Å². The van der Waals surface area contributed by atoms with Gasteiger partial charge in [0, 0.05) is 17.7 Å². The second-order valence-electron chi connectivity index (χ2n) is 6.89. The summed E-state index contributed by atoms with van der Waals surface area (Å²) in [7, 11) is 0. The van der Waals surface area contributed by atoms with E-state index in [0.717, 1.165) is 48.6 Å². The molecule has 3 aromatic rings. The maximum Gasteiger partial charge on any atom is 0.133 e. The van der Waals surface area contributed by atoms with Crippen molar-refractivity contribution in [3.8, 4) is 16.9 Å². The molecule has 0 fully saturated rings. The molecule has 134 valence electrons. The molecule has 5 heteroatoms. The van der Waals surface area contributed by atoms with Crippen LogP contribution in [0.3, 0.4) is 0 Å². The molecule has 1 N–H and O–H groups in total. The number of benzene rings is 2. The molecule has 1 aliphatic heterocycles. The van der Waals surface area contributed by atoms with Crippen LogP contribution in [-0.4, -0.2) is 16.3 Å². The zero-order valence-corrected chi connectivity index (χ0v) is 16.5. The summed E-state index contributed by atoms with van der Waals surface area (Å²) in [6, 6.07) is 12.2. The van der Waals surface area contributed by atoms with Crippen molar-refractivity contribution in [2.24, 2.45) is 0 Å². The van der Waals surface area contributed by atoms with Crippen LogP contribution in [0, 0.1) is 13.8 Å². The van der Waals surface area contributed by atoms with Gasteiger partial charge in [0.05, 0.1) is 21.4 Å². The smallest absolute Gasteiger partial charge is 0.133 e. The number of hydrogen-bond donors (Lipinski definition) is 1. The zero-order chi connectivity index (χ0) is 18.3. The fourth-order valence-electron chi connectivity index (χ4n) is 3.50. The molecule has 0 unspecified atom stereocenters. The molecule has 0 bridgehead atoms. The van der Waals surface area contributed by atoms with Crippen LogP contribution in [0.4, 0.5) is 5.82 Å². The Morgan fingerprint density at radius 1 is 1.00 bits per heavy atom. The molecule has 0 amide bonds. The minimum absolute atomic E-state index is 0.556. The third-order valence-corrected chi connectivity index (χ3v) is 5.65. The number of fused-ring (bicyclic) bond motifs is 1. The molecule has 3 nitrogen and oxygen atoms in total. The van der Waals surface area contributed by atoms with Crippen LogP contribution in [0.5, 0.6) is 0 Å². The Labute approximate surface area is 163 Å². The molecule has 4 rings (SSSR count). The fraction of sp³-hybridized carbons (Fsp3) is 0.286. The Kier molecular flexibility index (Phi) is 4.68. The third-order valence-electron chi connectivity index (χ3n) is 4.92. The number of aromatic nitrogens is 2. The summed E-state index contributed by atoms with van der Waals surface area (Å²) in [4.78, 5) is 0. The predicted octanol–water partition coefficient (Wildman–Crippen LogP) is 6.21. The number of nitrogens with zero attached hydrogens (tertiary/aromatic N) is 2. The van der Waals surface area contributed by atoms with Crippen LogP contribution in [0.1, 0.15) is 29.5 Å². The highest BCUT2D eigenvalue weighted by molar-refractivity contribution is 6.42. The van der Waals surface area contributed by atoms with E-state index in [4.69, 9.17) is 28.3 Å². The number of halogens is 2. The van der Waals surface area contributed by atoms with Crippen molar-refractivity contribution in [3.05, 3.63) is 63.1 Å². The summed E-state index contributed by atoms with van der Waals surface area (Å²) in [6.07, 6.45) is 3.30. The van der Waals surface area contributed by atoms with Gasteiger partial charge in [0.2, 0.25) is 0 Å². The van der Waals surface area contributed by atoms with Gasteiger partial charge in [-0.3, -0.25) is 0 Å². The Morgan fingerprint density at radius 2 is 1.85 bits per heavy atom. The van der Waals surface area contributed by atoms with Crippen molar-refractivity contribution >= 4 is 29.0 Å². The highest BCUT2D eigenvalue weighted by Gasteiger charge is 2.22. The number of aryl methyl sites for hydroxylation is 2. The van der Waals surface area contributed by atoms with Crippen LogP contribution in [0.25, 0.3) is 16.9 Å². The summed E-state index contributed by atoms with van der Waals surface area (Å²) in [5.74, 6) is 1.09. The van der Waals surface area contributed by atoms with E-state index in [1.54, 1.807) is 0 Å². The van der Waals surface area contributed by atoms with E-state index in [0.29, 0.717) is 10.0 Å². The molecule has 0 spiro atoms. The lowest BCUT2D eigenvalue weighted by Crippen LogP contribution is -2.08. The summed E-state index contributed by atoms with van der Waals surface area (Å²) in [5.41, 5.74) is 6.77. The van der Waals surface area contributed by atoms with Gasteiger partial charge in [-0.05, 0) is 62.4 Å². The molecule has 0 saturated heterocycles. The second kappa shape index (κ2) is 6.98. The number of nitrogens with one attached hydrogen (secondary N) is 1. The van der Waals surface area contributed by atoms with Crippen molar-refractivity contribution in [2.75, 3.05) is 11.9 Å². The summed E-state index contributed by atoms with van der Waals surface area (Å²) in [5, 5.41) is 9.72. The van der Waals surface area contributed by atoms with Crippen LogP contribution in [0.2, 0.25) is 10.0 Å². The van der Waals surface area contributed by atoms with E-state index in [-0.39, 0.29) is 0 Å². The van der Waals surface area contributed by atoms with E-state index >= 15 is 0 Å². The van der Waals surface area contributed by atoms with Crippen molar-refractivity contribution in [1.29, 1.82) is 0 Å². The number of anilines is 1. The Hall–Kier alpha value is -1.97. The monoisotopic (exact) mass is 385 g/mol. The molecule has 2 heterocycles. The van der Waals surface area contributed by atoms with E-state index in [9.17, 15) is 0 Å². The van der Waals surface area contributed by atoms with Crippen LogP contribution in [0.15, 0.2) is 36.4 Å². The molecule has 0 saturated carbocycles. The van der Waals surface area contributed by atoms with Crippen LogP contribution < -0.4 is 5.32 Å². The summed E-state index contributed by atoms with van der Waals surface area (Å²) >= 11 is 12.4. The average Bonchev–Trinajstić information content (AvgIpc) is 2.81. The van der Waals surface area contributed by atoms with E-state index in [1.165, 1.54) is 16.7 Å². The maximum atomic E-state index is 6.27. The van der Waals surface area contributed by atoms with Crippen molar-refractivity contribution < 1.29 is 0 Å². The molecule has 0 atom stereocenters. The first-order valence-electron chi connectivity index (χ1n) is 8.93. The van der Waals surface area contributed by atoms with Gasteiger partial charge in [-0.2, -0.15) is 5.10 Å². The largest absolute Gasteiger partial charge is 0.370 e.